The van der Waals surface area contributed by atoms with Gasteiger partial charge in [-0.25, -0.2) is 0 Å². The van der Waals surface area contributed by atoms with E-state index < -0.39 is 0 Å². The summed E-state index contributed by atoms with van der Waals surface area (Å²) in [4.78, 5) is 2.37. The van der Waals surface area contributed by atoms with E-state index in [0.717, 1.165) is 19.0 Å². The summed E-state index contributed by atoms with van der Waals surface area (Å²) in [7, 11) is 1.98. The van der Waals surface area contributed by atoms with Crippen LogP contribution >= 0.6 is 0 Å². The minimum atomic E-state index is -0.104. The number of allylic oxidation sites excluding steroid dienone is 2. The minimum Gasteiger partial charge on any atom is -0.455 e. The van der Waals surface area contributed by atoms with Crippen LogP contribution in [0.2, 0.25) is 0 Å². The van der Waals surface area contributed by atoms with E-state index in [1.54, 1.807) is 6.07 Å². The first-order chi connectivity index (χ1) is 11.7. The number of piperidine rings is 1. The van der Waals surface area contributed by atoms with Gasteiger partial charge in [0.15, 0.2) is 5.76 Å². The number of aromatic nitrogens is 3. The monoisotopic (exact) mass is 328 g/mol. The van der Waals surface area contributed by atoms with Crippen LogP contribution < -0.4 is 4.90 Å². The largest absolute Gasteiger partial charge is 0.455 e. The second-order valence-corrected chi connectivity index (χ2v) is 7.05. The molecule has 0 radical (unpaired) electrons. The zero-order chi connectivity index (χ0) is 16.6. The van der Waals surface area contributed by atoms with Crippen LogP contribution in [0.3, 0.4) is 0 Å². The highest BCUT2D eigenvalue weighted by Crippen LogP contribution is 2.41. The van der Waals surface area contributed by atoms with Crippen LogP contribution in [-0.2, 0) is 13.7 Å². The third-order valence-corrected chi connectivity index (χ3v) is 5.39. The molecule has 4 rings (SSSR count). The molecule has 1 fully saturated rings. The molecule has 6 nitrogen and oxygen atoms in total. The number of rotatable bonds is 3. The van der Waals surface area contributed by atoms with Gasteiger partial charge in [-0.3, -0.25) is 4.57 Å². The van der Waals surface area contributed by atoms with Crippen molar-refractivity contribution >= 4 is 5.95 Å². The molecule has 1 aliphatic heterocycles. The van der Waals surface area contributed by atoms with Gasteiger partial charge in [0.05, 0.1) is 0 Å². The number of hydrogen-bond acceptors (Lipinski definition) is 5. The van der Waals surface area contributed by atoms with E-state index in [2.05, 4.69) is 27.2 Å². The van der Waals surface area contributed by atoms with Crippen LogP contribution in [0.25, 0.3) is 11.6 Å². The fourth-order valence-corrected chi connectivity index (χ4v) is 4.09. The normalized spacial score (nSPS) is 24.0. The van der Waals surface area contributed by atoms with Crippen molar-refractivity contribution in [2.24, 2.45) is 12.5 Å². The standard InChI is InChI=1S/C18H24N4O2/c1-21-16(15-7-6-14(12-23)24-15)19-20-17(21)22-11-5-10-18(13-22)8-3-2-4-9-18/h2-3,6-7,23H,4-5,8-13H2,1H3. The topological polar surface area (TPSA) is 67.3 Å². The number of aliphatic hydroxyl groups is 1. The summed E-state index contributed by atoms with van der Waals surface area (Å²) in [6, 6.07) is 3.61. The van der Waals surface area contributed by atoms with Crippen molar-refractivity contribution in [1.29, 1.82) is 0 Å². The van der Waals surface area contributed by atoms with Crippen molar-refractivity contribution in [3.63, 3.8) is 0 Å². The quantitative estimate of drug-likeness (QED) is 0.878. The van der Waals surface area contributed by atoms with Crippen molar-refractivity contribution < 1.29 is 9.52 Å². The Morgan fingerprint density at radius 1 is 1.25 bits per heavy atom. The molecule has 128 valence electrons. The van der Waals surface area contributed by atoms with Crippen molar-refractivity contribution in [2.45, 2.75) is 38.7 Å². The van der Waals surface area contributed by atoms with Crippen LogP contribution in [0.5, 0.6) is 0 Å². The predicted molar refractivity (Wildman–Crippen MR) is 91.5 cm³/mol. The third kappa shape index (κ3) is 2.65. The maximum atomic E-state index is 9.17. The van der Waals surface area contributed by atoms with Gasteiger partial charge in [-0.05, 0) is 49.7 Å². The van der Waals surface area contributed by atoms with E-state index in [9.17, 15) is 0 Å². The fraction of sp³-hybridized carbons (Fsp3) is 0.556. The van der Waals surface area contributed by atoms with Gasteiger partial charge in [-0.15, -0.1) is 10.2 Å². The molecule has 2 aromatic rings. The van der Waals surface area contributed by atoms with Crippen LogP contribution in [0.1, 0.15) is 37.9 Å². The smallest absolute Gasteiger partial charge is 0.227 e. The first kappa shape index (κ1) is 15.4. The van der Waals surface area contributed by atoms with Crippen LogP contribution in [0.15, 0.2) is 28.7 Å². The van der Waals surface area contributed by atoms with Crippen molar-refractivity contribution in [1.82, 2.24) is 14.8 Å². The molecule has 0 amide bonds. The molecule has 2 aliphatic rings. The number of nitrogens with zero attached hydrogens (tertiary/aromatic N) is 4. The molecule has 0 bridgehead atoms. The van der Waals surface area contributed by atoms with E-state index in [1.807, 2.05) is 17.7 Å². The van der Waals surface area contributed by atoms with Crippen LogP contribution in [0, 0.1) is 5.41 Å². The van der Waals surface area contributed by atoms with Crippen LogP contribution in [0.4, 0.5) is 5.95 Å². The summed E-state index contributed by atoms with van der Waals surface area (Å²) < 4.78 is 7.61. The van der Waals surface area contributed by atoms with Gasteiger partial charge in [0.1, 0.15) is 12.4 Å². The summed E-state index contributed by atoms with van der Waals surface area (Å²) in [5.74, 6) is 2.79. The SMILES string of the molecule is Cn1c(-c2ccc(CO)o2)nnc1N1CCCC2(CC=CCC2)C1. The zero-order valence-electron chi connectivity index (χ0n) is 14.1. The molecule has 3 heterocycles. The maximum Gasteiger partial charge on any atom is 0.227 e. The molecule has 1 spiro atoms. The Kier molecular flexibility index (Phi) is 3.92. The lowest BCUT2D eigenvalue weighted by Gasteiger charge is -2.44. The molecule has 1 unspecified atom stereocenters. The number of furan rings is 1. The first-order valence-electron chi connectivity index (χ1n) is 8.70. The van der Waals surface area contributed by atoms with Crippen LogP contribution in [-0.4, -0.2) is 33.0 Å². The summed E-state index contributed by atoms with van der Waals surface area (Å²) >= 11 is 0. The Balaban J connectivity index is 1.59. The molecule has 0 aromatic carbocycles. The van der Waals surface area contributed by atoms with Gasteiger partial charge in [0.25, 0.3) is 0 Å². The first-order valence-corrected chi connectivity index (χ1v) is 8.70. The molecule has 2 aromatic heterocycles. The van der Waals surface area contributed by atoms with Crippen molar-refractivity contribution in [3.05, 3.63) is 30.0 Å². The Hall–Kier alpha value is -2.08. The molecular weight excluding hydrogens is 304 g/mol. The van der Waals surface area contributed by atoms with Gasteiger partial charge in [-0.2, -0.15) is 0 Å². The van der Waals surface area contributed by atoms with Gasteiger partial charge >= 0.3 is 0 Å². The average molecular weight is 328 g/mol. The third-order valence-electron chi connectivity index (χ3n) is 5.39. The highest BCUT2D eigenvalue weighted by atomic mass is 16.4. The predicted octanol–water partition coefficient (Wildman–Crippen LogP) is 2.89. The van der Waals surface area contributed by atoms with E-state index >= 15 is 0 Å². The second kappa shape index (κ2) is 6.09. The number of anilines is 1. The van der Waals surface area contributed by atoms with Crippen molar-refractivity contribution in [2.75, 3.05) is 18.0 Å². The molecular formula is C18H24N4O2. The number of aliphatic hydroxyl groups excluding tert-OH is 1. The highest BCUT2D eigenvalue weighted by Gasteiger charge is 2.36. The molecule has 1 saturated heterocycles. The van der Waals surface area contributed by atoms with Gasteiger partial charge in [-0.1, -0.05) is 12.2 Å². The molecule has 1 aliphatic carbocycles. The Bertz CT molecular complexity index is 748. The zero-order valence-corrected chi connectivity index (χ0v) is 14.1. The van der Waals surface area contributed by atoms with Crippen molar-refractivity contribution in [3.8, 4) is 11.6 Å². The second-order valence-electron chi connectivity index (χ2n) is 7.05. The Morgan fingerprint density at radius 3 is 2.92 bits per heavy atom. The van der Waals surface area contributed by atoms with Gasteiger partial charge < -0.3 is 14.4 Å². The summed E-state index contributed by atoms with van der Waals surface area (Å²) in [5, 5.41) is 17.9. The fourth-order valence-electron chi connectivity index (χ4n) is 4.09. The lowest BCUT2D eigenvalue weighted by atomic mass is 9.71. The molecule has 1 N–H and O–H groups in total. The molecule has 24 heavy (non-hydrogen) atoms. The minimum absolute atomic E-state index is 0.104. The van der Waals surface area contributed by atoms with E-state index in [1.165, 1.54) is 32.1 Å². The lowest BCUT2D eigenvalue weighted by Crippen LogP contribution is -2.44. The molecule has 0 saturated carbocycles. The Labute approximate surface area is 141 Å². The molecule has 6 heteroatoms. The average Bonchev–Trinajstić information content (AvgIpc) is 3.22. The van der Waals surface area contributed by atoms with Gasteiger partial charge in [0, 0.05) is 20.1 Å². The molecule has 1 atom stereocenters. The van der Waals surface area contributed by atoms with E-state index in [4.69, 9.17) is 9.52 Å². The van der Waals surface area contributed by atoms with E-state index in [0.29, 0.717) is 22.8 Å². The summed E-state index contributed by atoms with van der Waals surface area (Å²) in [5.41, 5.74) is 0.397. The lowest BCUT2D eigenvalue weighted by molar-refractivity contribution is 0.208. The van der Waals surface area contributed by atoms with Gasteiger partial charge in [0.2, 0.25) is 11.8 Å². The maximum absolute atomic E-state index is 9.17. The highest BCUT2D eigenvalue weighted by molar-refractivity contribution is 5.51. The summed E-state index contributed by atoms with van der Waals surface area (Å²) in [6.07, 6.45) is 10.8. The van der Waals surface area contributed by atoms with E-state index in [-0.39, 0.29) is 6.61 Å². The summed E-state index contributed by atoms with van der Waals surface area (Å²) in [6.45, 7) is 1.97. The Morgan fingerprint density at radius 2 is 2.17 bits per heavy atom. The number of hydrogen-bond donors (Lipinski definition) is 1.